The molecule has 42 heavy (non-hydrogen) atoms. The van der Waals surface area contributed by atoms with Gasteiger partial charge in [0, 0.05) is 36.7 Å². The van der Waals surface area contributed by atoms with Gasteiger partial charge in [0.15, 0.2) is 5.84 Å². The molecule has 1 saturated carbocycles. The van der Waals surface area contributed by atoms with Gasteiger partial charge in [-0.05, 0) is 93.3 Å². The number of fused-ring (bicyclic) bond motifs is 1. The summed E-state index contributed by atoms with van der Waals surface area (Å²) < 4.78 is 46.0. The van der Waals surface area contributed by atoms with Crippen LogP contribution in [-0.2, 0) is 6.18 Å². The second-order valence-electron chi connectivity index (χ2n) is 11.6. The molecule has 2 N–H and O–H groups in total. The molecule has 2 fully saturated rings. The highest BCUT2D eigenvalue weighted by atomic mass is 19.4. The average Bonchev–Trinajstić information content (AvgIpc) is 3.71. The molecule has 0 aromatic heterocycles. The lowest BCUT2D eigenvalue weighted by atomic mass is 9.86. The Morgan fingerprint density at radius 2 is 1.90 bits per heavy atom. The van der Waals surface area contributed by atoms with Crippen molar-refractivity contribution in [2.24, 2.45) is 16.3 Å². The van der Waals surface area contributed by atoms with Crippen molar-refractivity contribution in [2.45, 2.75) is 59.2 Å². The number of hydrogen-bond acceptors (Lipinski definition) is 6. The van der Waals surface area contributed by atoms with Crippen LogP contribution < -0.4 is 15.4 Å². The van der Waals surface area contributed by atoms with Crippen molar-refractivity contribution in [1.82, 2.24) is 9.91 Å². The molecule has 3 aliphatic rings. The summed E-state index contributed by atoms with van der Waals surface area (Å²) in [6.45, 7) is 14.5. The number of halogens is 3. The molecule has 224 valence electrons. The van der Waals surface area contributed by atoms with Gasteiger partial charge in [-0.2, -0.15) is 18.3 Å². The fourth-order valence-corrected chi connectivity index (χ4v) is 6.03. The molecule has 0 radical (unpaired) electrons. The molecule has 1 aliphatic carbocycles. The molecule has 9 heteroatoms. The summed E-state index contributed by atoms with van der Waals surface area (Å²) in [6.07, 6.45) is 4.56. The molecule has 2 heterocycles. The van der Waals surface area contributed by atoms with E-state index >= 15 is 0 Å². The predicted molar refractivity (Wildman–Crippen MR) is 163 cm³/mol. The van der Waals surface area contributed by atoms with Gasteiger partial charge < -0.3 is 20.3 Å². The number of hydrogen-bond donors (Lipinski definition) is 1. The van der Waals surface area contributed by atoms with Gasteiger partial charge in [0.2, 0.25) is 0 Å². The van der Waals surface area contributed by atoms with Crippen LogP contribution in [0.15, 0.2) is 71.7 Å². The second kappa shape index (κ2) is 11.4. The molecular formula is C33H40F3N5O. The van der Waals surface area contributed by atoms with E-state index in [1.807, 2.05) is 36.0 Å². The van der Waals surface area contributed by atoms with Gasteiger partial charge in [-0.15, -0.1) is 0 Å². The van der Waals surface area contributed by atoms with Crippen LogP contribution in [0.1, 0.15) is 68.3 Å². The molecule has 2 aliphatic heterocycles. The maximum atomic E-state index is 13.3. The monoisotopic (exact) mass is 579 g/mol. The maximum Gasteiger partial charge on any atom is 0.416 e. The average molecular weight is 580 g/mol. The Hall–Kier alpha value is -3.88. The first-order chi connectivity index (χ1) is 20.0. The van der Waals surface area contributed by atoms with E-state index in [0.717, 1.165) is 65.3 Å². The predicted octanol–water partition coefficient (Wildman–Crippen LogP) is 7.44. The van der Waals surface area contributed by atoms with Crippen LogP contribution in [0.3, 0.4) is 0 Å². The van der Waals surface area contributed by atoms with E-state index < -0.39 is 11.7 Å². The van der Waals surface area contributed by atoms with Crippen LogP contribution in [0, 0.1) is 12.3 Å². The number of rotatable bonds is 8. The lowest BCUT2D eigenvalue weighted by Gasteiger charge is -2.47. The highest BCUT2D eigenvalue weighted by Gasteiger charge is 2.51. The largest absolute Gasteiger partial charge is 0.491 e. The number of likely N-dealkylation sites (N-methyl/N-ethyl adjacent to an activating group) is 1. The number of ether oxygens (including phenoxy) is 1. The van der Waals surface area contributed by atoms with Crippen molar-refractivity contribution in [1.29, 1.82) is 0 Å². The Kier molecular flexibility index (Phi) is 8.05. The lowest BCUT2D eigenvalue weighted by Crippen LogP contribution is -2.51. The van der Waals surface area contributed by atoms with Crippen LogP contribution in [0.25, 0.3) is 6.08 Å². The second-order valence-corrected chi connectivity index (χ2v) is 11.6. The summed E-state index contributed by atoms with van der Waals surface area (Å²) in [4.78, 5) is 4.20. The summed E-state index contributed by atoms with van der Waals surface area (Å²) in [5.74, 6) is 1.67. The lowest BCUT2D eigenvalue weighted by molar-refractivity contribution is -0.137. The van der Waals surface area contributed by atoms with Gasteiger partial charge in [0.1, 0.15) is 5.75 Å². The molecule has 1 atom stereocenters. The first kappa shape index (κ1) is 29.6. The van der Waals surface area contributed by atoms with E-state index in [4.69, 9.17) is 15.6 Å². The first-order valence-corrected chi connectivity index (χ1v) is 14.6. The number of nitrogens with zero attached hydrogens (tertiary/aromatic N) is 4. The van der Waals surface area contributed by atoms with Crippen LogP contribution in [0.5, 0.6) is 5.75 Å². The summed E-state index contributed by atoms with van der Waals surface area (Å²) in [6, 6.07) is 9.66. The van der Waals surface area contributed by atoms with Gasteiger partial charge in [-0.25, -0.2) is 0 Å². The maximum absolute atomic E-state index is 13.3. The third-order valence-electron chi connectivity index (χ3n) is 8.43. The van der Waals surface area contributed by atoms with Gasteiger partial charge >= 0.3 is 6.18 Å². The first-order valence-electron chi connectivity index (χ1n) is 14.6. The van der Waals surface area contributed by atoms with E-state index in [1.165, 1.54) is 12.1 Å². The SMILES string of the molecule is C=CN(/C=C(/C)N)c1ccc(/C=C2\CC3(CC3)CN3C2=NN(CC)CC3c2ccc(C(F)(F)F)cc2)c(C)c1OCC. The number of alkyl halides is 3. The number of nitrogens with two attached hydrogens (primary N) is 1. The summed E-state index contributed by atoms with van der Waals surface area (Å²) in [5.41, 5.74) is 11.1. The van der Waals surface area contributed by atoms with Crippen molar-refractivity contribution >= 4 is 17.6 Å². The number of piperidine rings is 1. The minimum Gasteiger partial charge on any atom is -0.491 e. The van der Waals surface area contributed by atoms with E-state index in [-0.39, 0.29) is 11.5 Å². The Bertz CT molecular complexity index is 1420. The molecule has 2 aromatic rings. The number of hydrazone groups is 1. The molecule has 5 rings (SSSR count). The van der Waals surface area contributed by atoms with E-state index in [2.05, 4.69) is 37.5 Å². The topological polar surface area (TPSA) is 57.3 Å². The molecule has 0 bridgehead atoms. The van der Waals surface area contributed by atoms with Gasteiger partial charge in [0.05, 0.1) is 30.4 Å². The number of allylic oxidation sites excluding steroid dienone is 1. The third kappa shape index (κ3) is 5.87. The fraction of sp³-hybridized carbons (Fsp3) is 0.424. The summed E-state index contributed by atoms with van der Waals surface area (Å²) >= 11 is 0. The van der Waals surface area contributed by atoms with Crippen LogP contribution >= 0.6 is 0 Å². The quantitative estimate of drug-likeness (QED) is 0.352. The van der Waals surface area contributed by atoms with Crippen LogP contribution in [-0.4, -0.2) is 42.0 Å². The van der Waals surface area contributed by atoms with Gasteiger partial charge in [-0.3, -0.25) is 5.01 Å². The zero-order valence-corrected chi connectivity index (χ0v) is 24.8. The van der Waals surface area contributed by atoms with E-state index in [0.29, 0.717) is 25.4 Å². The third-order valence-corrected chi connectivity index (χ3v) is 8.43. The van der Waals surface area contributed by atoms with Crippen molar-refractivity contribution < 1.29 is 17.9 Å². The van der Waals surface area contributed by atoms with Crippen molar-refractivity contribution in [2.75, 3.05) is 31.1 Å². The van der Waals surface area contributed by atoms with Crippen molar-refractivity contribution in [3.8, 4) is 5.75 Å². The van der Waals surface area contributed by atoms with Crippen LogP contribution in [0.2, 0.25) is 0 Å². The van der Waals surface area contributed by atoms with Crippen LogP contribution in [0.4, 0.5) is 18.9 Å². The normalized spacial score (nSPS) is 20.8. The molecule has 2 aromatic carbocycles. The zero-order chi connectivity index (χ0) is 30.2. The van der Waals surface area contributed by atoms with Gasteiger partial charge in [-0.1, -0.05) is 24.8 Å². The Balaban J connectivity index is 1.57. The highest BCUT2D eigenvalue weighted by Crippen LogP contribution is 2.56. The summed E-state index contributed by atoms with van der Waals surface area (Å²) in [7, 11) is 0. The standard InChI is InChI=1S/C33H40F3N5O/c1-6-39(19-22(4)37)28-14-11-25(23(5)30(28)42-8-3)17-26-18-32(15-16-32)21-41-29(20-40(7-2)38-31(26)41)24-9-12-27(13-10-24)33(34,35)36/h6,9-14,17,19,29H,1,7-8,15-16,18,20-21,37H2,2-5H3/b22-19-,26-17+. The molecule has 6 nitrogen and oxygen atoms in total. The Morgan fingerprint density at radius 1 is 1.19 bits per heavy atom. The summed E-state index contributed by atoms with van der Waals surface area (Å²) in [5, 5.41) is 7.08. The number of amidine groups is 1. The smallest absolute Gasteiger partial charge is 0.416 e. The molecule has 1 saturated heterocycles. The van der Waals surface area contributed by atoms with Gasteiger partial charge in [0.25, 0.3) is 0 Å². The van der Waals surface area contributed by atoms with Crippen molar-refractivity contribution in [3.05, 3.63) is 88.9 Å². The number of anilines is 1. The highest BCUT2D eigenvalue weighted by molar-refractivity contribution is 6.04. The molecule has 1 spiro atoms. The van der Waals surface area contributed by atoms with Crippen molar-refractivity contribution in [3.63, 3.8) is 0 Å². The number of benzene rings is 2. The molecular weight excluding hydrogens is 539 g/mol. The molecule has 1 unspecified atom stereocenters. The Labute approximate surface area is 246 Å². The fourth-order valence-electron chi connectivity index (χ4n) is 6.03. The minimum absolute atomic E-state index is 0.0872. The minimum atomic E-state index is -4.36. The molecule has 0 amide bonds. The Morgan fingerprint density at radius 3 is 2.48 bits per heavy atom. The van der Waals surface area contributed by atoms with E-state index in [1.54, 1.807) is 18.3 Å². The zero-order valence-electron chi connectivity index (χ0n) is 24.8. The van der Waals surface area contributed by atoms with E-state index in [9.17, 15) is 13.2 Å².